The van der Waals surface area contributed by atoms with Crippen LogP contribution in [0.4, 0.5) is 17.2 Å². The first-order valence-electron chi connectivity index (χ1n) is 10.2. The Hall–Kier alpha value is -3.73. The quantitative estimate of drug-likeness (QED) is 0.363. The highest BCUT2D eigenvalue weighted by Crippen LogP contribution is 2.28. The molecule has 33 heavy (non-hydrogen) atoms. The van der Waals surface area contributed by atoms with E-state index in [-0.39, 0.29) is 28.0 Å². The molecule has 0 spiro atoms. The second-order valence-corrected chi connectivity index (χ2v) is 9.40. The molecule has 3 rings (SSSR count). The summed E-state index contributed by atoms with van der Waals surface area (Å²) in [6.07, 6.45) is 0.911. The van der Waals surface area contributed by atoms with Crippen molar-refractivity contribution < 1.29 is 22.7 Å². The summed E-state index contributed by atoms with van der Waals surface area (Å²) in [5.41, 5.74) is 0.905. The van der Waals surface area contributed by atoms with Gasteiger partial charge in [0, 0.05) is 18.2 Å². The van der Waals surface area contributed by atoms with E-state index in [0.717, 1.165) is 22.4 Å². The van der Waals surface area contributed by atoms with E-state index in [0.29, 0.717) is 5.76 Å². The maximum absolute atomic E-state index is 13.5. The van der Waals surface area contributed by atoms with Crippen LogP contribution in [0.1, 0.15) is 37.5 Å². The van der Waals surface area contributed by atoms with Crippen LogP contribution in [0, 0.1) is 17.0 Å². The first kappa shape index (κ1) is 23.9. The molecule has 1 atom stereocenters. The highest BCUT2D eigenvalue weighted by atomic mass is 32.2. The number of hydrogen-bond donors (Lipinski definition) is 1. The minimum Gasteiger partial charge on any atom is -0.360 e. The fourth-order valence-electron chi connectivity index (χ4n) is 3.14. The molecule has 174 valence electrons. The summed E-state index contributed by atoms with van der Waals surface area (Å²) in [7, 11) is -4.31. The molecular formula is C22H24N4O6S. The zero-order valence-electron chi connectivity index (χ0n) is 18.4. The number of benzene rings is 2. The van der Waals surface area contributed by atoms with E-state index in [2.05, 4.69) is 17.4 Å². The number of aryl methyl sites for hydroxylation is 1. The van der Waals surface area contributed by atoms with Crippen LogP contribution in [0.3, 0.4) is 0 Å². The number of non-ortho nitro benzene ring substituents is 1. The van der Waals surface area contributed by atoms with Crippen LogP contribution >= 0.6 is 0 Å². The van der Waals surface area contributed by atoms with Crippen LogP contribution in [-0.4, -0.2) is 30.9 Å². The molecule has 0 saturated carbocycles. The monoisotopic (exact) mass is 472 g/mol. The second kappa shape index (κ2) is 9.82. The molecule has 1 heterocycles. The van der Waals surface area contributed by atoms with Gasteiger partial charge in [-0.25, -0.2) is 8.42 Å². The Bertz CT molecular complexity index is 1250. The smallest absolute Gasteiger partial charge is 0.270 e. The van der Waals surface area contributed by atoms with Crippen molar-refractivity contribution in [3.8, 4) is 0 Å². The third kappa shape index (κ3) is 5.55. The third-order valence-corrected chi connectivity index (χ3v) is 6.93. The maximum atomic E-state index is 13.5. The van der Waals surface area contributed by atoms with Crippen LogP contribution in [-0.2, 0) is 14.8 Å². The fraction of sp³-hybridized carbons (Fsp3) is 0.273. The molecule has 11 heteroatoms. The van der Waals surface area contributed by atoms with E-state index in [9.17, 15) is 23.3 Å². The molecule has 3 aromatic rings. The van der Waals surface area contributed by atoms with Crippen LogP contribution in [0.5, 0.6) is 0 Å². The minimum atomic E-state index is -4.31. The van der Waals surface area contributed by atoms with Crippen molar-refractivity contribution in [1.29, 1.82) is 0 Å². The minimum absolute atomic E-state index is 0.150. The molecule has 2 aromatic carbocycles. The largest absolute Gasteiger partial charge is 0.360 e. The highest BCUT2D eigenvalue weighted by molar-refractivity contribution is 7.92. The van der Waals surface area contributed by atoms with E-state index in [4.69, 9.17) is 4.52 Å². The molecule has 0 saturated heterocycles. The van der Waals surface area contributed by atoms with Crippen molar-refractivity contribution in [3.63, 3.8) is 0 Å². The summed E-state index contributed by atoms with van der Waals surface area (Å²) < 4.78 is 32.8. The first-order chi connectivity index (χ1) is 15.6. The van der Waals surface area contributed by atoms with E-state index >= 15 is 0 Å². The molecule has 0 aliphatic rings. The van der Waals surface area contributed by atoms with Gasteiger partial charge >= 0.3 is 0 Å². The third-order valence-electron chi connectivity index (χ3n) is 5.16. The predicted molar refractivity (Wildman–Crippen MR) is 123 cm³/mol. The van der Waals surface area contributed by atoms with Crippen molar-refractivity contribution in [2.75, 3.05) is 16.2 Å². The second-order valence-electron chi connectivity index (χ2n) is 7.54. The normalized spacial score (nSPS) is 12.2. The average Bonchev–Trinajstić information content (AvgIpc) is 3.21. The molecule has 0 radical (unpaired) electrons. The Labute approximate surface area is 191 Å². The molecule has 0 aliphatic heterocycles. The van der Waals surface area contributed by atoms with Crippen LogP contribution < -0.4 is 9.62 Å². The van der Waals surface area contributed by atoms with Crippen molar-refractivity contribution in [3.05, 3.63) is 76.0 Å². The zero-order chi connectivity index (χ0) is 24.2. The number of aromatic nitrogens is 1. The summed E-state index contributed by atoms with van der Waals surface area (Å²) in [5.74, 6) is 0.257. The number of carbonyl (C=O) groups excluding carboxylic acids is 1. The highest BCUT2D eigenvalue weighted by Gasteiger charge is 2.29. The Morgan fingerprint density at radius 1 is 1.21 bits per heavy atom. The molecular weight excluding hydrogens is 448 g/mol. The van der Waals surface area contributed by atoms with Gasteiger partial charge in [-0.05, 0) is 43.0 Å². The van der Waals surface area contributed by atoms with Gasteiger partial charge in [-0.1, -0.05) is 37.2 Å². The van der Waals surface area contributed by atoms with E-state index in [1.807, 2.05) is 6.92 Å². The number of anilines is 2. The number of rotatable bonds is 9. The van der Waals surface area contributed by atoms with E-state index < -0.39 is 27.4 Å². The average molecular weight is 473 g/mol. The topological polar surface area (TPSA) is 136 Å². The number of nitro benzene ring substituents is 1. The van der Waals surface area contributed by atoms with Gasteiger partial charge in [-0.2, -0.15) is 0 Å². The summed E-state index contributed by atoms with van der Waals surface area (Å²) in [5, 5.41) is 17.3. The van der Waals surface area contributed by atoms with Gasteiger partial charge in [0.25, 0.3) is 15.7 Å². The van der Waals surface area contributed by atoms with Crippen LogP contribution in [0.2, 0.25) is 0 Å². The molecule has 0 fully saturated rings. The first-order valence-corrected chi connectivity index (χ1v) is 11.7. The van der Waals surface area contributed by atoms with Crippen molar-refractivity contribution in [2.24, 2.45) is 0 Å². The number of nitrogens with one attached hydrogen (secondary N) is 1. The summed E-state index contributed by atoms with van der Waals surface area (Å²) in [4.78, 5) is 22.8. The Balaban J connectivity index is 1.99. The number of nitrogens with zero attached hydrogens (tertiary/aromatic N) is 3. The standard InChI is InChI=1S/C22H24N4O6S/c1-4-15(2)17-8-10-18(11-9-17)25(14-22(27)23-21-12-16(3)32-24-21)33(30,31)20-7-5-6-19(13-20)26(28)29/h5-13,15H,4,14H2,1-3H3,(H,23,24,27). The maximum Gasteiger partial charge on any atom is 0.270 e. The summed E-state index contributed by atoms with van der Waals surface area (Å²) in [6, 6.07) is 13.0. The van der Waals surface area contributed by atoms with Crippen molar-refractivity contribution in [2.45, 2.75) is 38.0 Å². The number of sulfonamides is 1. The number of hydrogen-bond acceptors (Lipinski definition) is 7. The molecule has 0 bridgehead atoms. The lowest BCUT2D eigenvalue weighted by Crippen LogP contribution is -2.38. The Morgan fingerprint density at radius 2 is 1.91 bits per heavy atom. The van der Waals surface area contributed by atoms with Crippen LogP contribution in [0.15, 0.2) is 64.0 Å². The van der Waals surface area contributed by atoms with Gasteiger partial charge < -0.3 is 9.84 Å². The van der Waals surface area contributed by atoms with E-state index in [1.165, 1.54) is 24.3 Å². The lowest BCUT2D eigenvalue weighted by molar-refractivity contribution is -0.385. The van der Waals surface area contributed by atoms with Crippen LogP contribution in [0.25, 0.3) is 0 Å². The van der Waals surface area contributed by atoms with Gasteiger partial charge in [0.2, 0.25) is 5.91 Å². The fourth-order valence-corrected chi connectivity index (χ4v) is 4.60. The molecule has 10 nitrogen and oxygen atoms in total. The van der Waals surface area contributed by atoms with Gasteiger partial charge in [0.15, 0.2) is 5.82 Å². The van der Waals surface area contributed by atoms with Gasteiger partial charge in [-0.15, -0.1) is 0 Å². The predicted octanol–water partition coefficient (Wildman–Crippen LogP) is 4.24. The molecule has 1 N–H and O–H groups in total. The van der Waals surface area contributed by atoms with Gasteiger partial charge in [-0.3, -0.25) is 19.2 Å². The van der Waals surface area contributed by atoms with Gasteiger partial charge in [0.1, 0.15) is 12.3 Å². The molecule has 0 aliphatic carbocycles. The number of amides is 1. The zero-order valence-corrected chi connectivity index (χ0v) is 19.2. The van der Waals surface area contributed by atoms with Crippen molar-refractivity contribution in [1.82, 2.24) is 5.16 Å². The molecule has 1 unspecified atom stereocenters. The SMILES string of the molecule is CCC(C)c1ccc(N(CC(=O)Nc2cc(C)on2)S(=O)(=O)c2cccc([N+](=O)[O-])c2)cc1. The number of carbonyl (C=O) groups is 1. The number of nitro groups is 1. The Morgan fingerprint density at radius 3 is 2.48 bits per heavy atom. The Kier molecular flexibility index (Phi) is 7.12. The van der Waals surface area contributed by atoms with Crippen molar-refractivity contribution >= 4 is 33.1 Å². The molecule has 1 aromatic heterocycles. The van der Waals surface area contributed by atoms with E-state index in [1.54, 1.807) is 31.2 Å². The summed E-state index contributed by atoms with van der Waals surface area (Å²) >= 11 is 0. The van der Waals surface area contributed by atoms with Gasteiger partial charge in [0.05, 0.1) is 15.5 Å². The molecule has 1 amide bonds. The summed E-state index contributed by atoms with van der Waals surface area (Å²) in [6.45, 7) is 5.19. The lowest BCUT2D eigenvalue weighted by atomic mass is 9.99. The lowest BCUT2D eigenvalue weighted by Gasteiger charge is -2.24.